The first-order valence-electron chi connectivity index (χ1n) is 7.56. The van der Waals surface area contributed by atoms with Crippen molar-refractivity contribution in [1.29, 1.82) is 0 Å². The van der Waals surface area contributed by atoms with E-state index in [0.29, 0.717) is 18.1 Å². The van der Waals surface area contributed by atoms with Gasteiger partial charge in [0.1, 0.15) is 0 Å². The molecule has 0 aromatic carbocycles. The topological polar surface area (TPSA) is 21.3 Å². The number of ether oxygens (including phenoxy) is 1. The number of nitrogens with one attached hydrogen (secondary N) is 1. The quantitative estimate of drug-likeness (QED) is 0.764. The summed E-state index contributed by atoms with van der Waals surface area (Å²) < 4.78 is 6.17. The van der Waals surface area contributed by atoms with Gasteiger partial charge >= 0.3 is 0 Å². The Morgan fingerprint density at radius 1 is 1.18 bits per heavy atom. The zero-order valence-electron chi connectivity index (χ0n) is 12.0. The fraction of sp³-hybridized carbons (Fsp3) is 1.00. The molecule has 0 heterocycles. The van der Waals surface area contributed by atoms with Gasteiger partial charge in [0.2, 0.25) is 0 Å². The van der Waals surface area contributed by atoms with Gasteiger partial charge in [-0.25, -0.2) is 0 Å². The Hall–Kier alpha value is -0.0800. The molecule has 1 rings (SSSR count). The summed E-state index contributed by atoms with van der Waals surface area (Å²) in [5, 5.41) is 3.45. The van der Waals surface area contributed by atoms with E-state index in [1.807, 2.05) is 0 Å². The molecular formula is C15H31NO. The van der Waals surface area contributed by atoms with Crippen LogP contribution in [0.25, 0.3) is 0 Å². The smallest absolute Gasteiger partial charge is 0.0728 e. The maximum absolute atomic E-state index is 6.17. The summed E-state index contributed by atoms with van der Waals surface area (Å²) in [6.07, 6.45) is 11.0. The second-order valence-corrected chi connectivity index (χ2v) is 5.65. The van der Waals surface area contributed by atoms with Gasteiger partial charge in [-0.05, 0) is 32.2 Å². The lowest BCUT2D eigenvalue weighted by atomic mass is 9.94. The van der Waals surface area contributed by atoms with Gasteiger partial charge in [0, 0.05) is 12.6 Å². The number of likely N-dealkylation sites (N-methyl/N-ethyl adjacent to an activating group) is 1. The van der Waals surface area contributed by atoms with Gasteiger partial charge in [0.25, 0.3) is 0 Å². The molecule has 0 aromatic heterocycles. The first-order valence-corrected chi connectivity index (χ1v) is 7.56. The Morgan fingerprint density at radius 2 is 1.88 bits per heavy atom. The molecule has 1 aliphatic carbocycles. The van der Waals surface area contributed by atoms with Crippen LogP contribution in [0.4, 0.5) is 0 Å². The van der Waals surface area contributed by atoms with Gasteiger partial charge in [-0.3, -0.25) is 0 Å². The highest BCUT2D eigenvalue weighted by molar-refractivity contribution is 4.78. The van der Waals surface area contributed by atoms with Crippen LogP contribution in [0.1, 0.15) is 65.2 Å². The third-order valence-corrected chi connectivity index (χ3v) is 3.95. The van der Waals surface area contributed by atoms with E-state index in [9.17, 15) is 0 Å². The second-order valence-electron chi connectivity index (χ2n) is 5.65. The van der Waals surface area contributed by atoms with Crippen LogP contribution in [0.15, 0.2) is 0 Å². The maximum atomic E-state index is 6.17. The van der Waals surface area contributed by atoms with Gasteiger partial charge in [-0.2, -0.15) is 0 Å². The highest BCUT2D eigenvalue weighted by Gasteiger charge is 2.22. The molecule has 3 unspecified atom stereocenters. The Bertz CT molecular complexity index is 184. The third-order valence-electron chi connectivity index (χ3n) is 3.95. The van der Waals surface area contributed by atoms with Crippen LogP contribution in [0.3, 0.4) is 0 Å². The van der Waals surface area contributed by atoms with E-state index in [4.69, 9.17) is 4.74 Å². The van der Waals surface area contributed by atoms with E-state index >= 15 is 0 Å². The fourth-order valence-corrected chi connectivity index (χ4v) is 2.84. The highest BCUT2D eigenvalue weighted by atomic mass is 16.5. The van der Waals surface area contributed by atoms with Crippen LogP contribution in [0.5, 0.6) is 0 Å². The second kappa shape index (κ2) is 8.93. The molecule has 102 valence electrons. The van der Waals surface area contributed by atoms with E-state index in [-0.39, 0.29) is 0 Å². The lowest BCUT2D eigenvalue weighted by Gasteiger charge is -2.30. The zero-order valence-corrected chi connectivity index (χ0v) is 12.0. The highest BCUT2D eigenvalue weighted by Crippen LogP contribution is 2.21. The van der Waals surface area contributed by atoms with Crippen molar-refractivity contribution in [2.45, 2.75) is 77.4 Å². The molecule has 0 bridgehead atoms. The zero-order chi connectivity index (χ0) is 12.5. The standard InChI is InChI=1S/C15H31NO/c1-4-9-13(2)12-17-15-11-8-6-5-7-10-14(15)16-3/h13-16H,4-12H2,1-3H3. The molecule has 0 amide bonds. The van der Waals surface area contributed by atoms with Crippen molar-refractivity contribution >= 4 is 0 Å². The molecule has 2 heteroatoms. The van der Waals surface area contributed by atoms with Crippen LogP contribution >= 0.6 is 0 Å². The Balaban J connectivity index is 2.34. The Labute approximate surface area is 108 Å². The van der Waals surface area contributed by atoms with Crippen molar-refractivity contribution in [2.75, 3.05) is 13.7 Å². The maximum Gasteiger partial charge on any atom is 0.0728 e. The minimum atomic E-state index is 0.444. The summed E-state index contributed by atoms with van der Waals surface area (Å²) in [6, 6.07) is 0.573. The predicted molar refractivity (Wildman–Crippen MR) is 74.4 cm³/mol. The number of hydrogen-bond donors (Lipinski definition) is 1. The van der Waals surface area contributed by atoms with E-state index in [1.54, 1.807) is 0 Å². The largest absolute Gasteiger partial charge is 0.376 e. The van der Waals surface area contributed by atoms with Crippen LogP contribution in [0, 0.1) is 5.92 Å². The molecule has 0 spiro atoms. The van der Waals surface area contributed by atoms with Crippen molar-refractivity contribution in [2.24, 2.45) is 5.92 Å². The molecule has 3 atom stereocenters. The molecule has 2 nitrogen and oxygen atoms in total. The lowest BCUT2D eigenvalue weighted by molar-refractivity contribution is -0.00215. The molecular weight excluding hydrogens is 210 g/mol. The summed E-state index contributed by atoms with van der Waals surface area (Å²) in [7, 11) is 2.08. The van der Waals surface area contributed by atoms with Crippen molar-refractivity contribution < 1.29 is 4.74 Å². The summed E-state index contributed by atoms with van der Waals surface area (Å²) in [5.74, 6) is 0.711. The average molecular weight is 241 g/mol. The monoisotopic (exact) mass is 241 g/mol. The third kappa shape index (κ3) is 5.87. The van der Waals surface area contributed by atoms with Crippen molar-refractivity contribution in [3.05, 3.63) is 0 Å². The van der Waals surface area contributed by atoms with Gasteiger partial charge < -0.3 is 10.1 Å². The van der Waals surface area contributed by atoms with Gasteiger partial charge in [-0.15, -0.1) is 0 Å². The molecule has 0 aliphatic heterocycles. The molecule has 0 saturated heterocycles. The molecule has 1 fully saturated rings. The normalized spacial score (nSPS) is 28.4. The molecule has 1 saturated carbocycles. The Kier molecular flexibility index (Phi) is 7.87. The summed E-state index contributed by atoms with van der Waals surface area (Å²) in [6.45, 7) is 5.50. The van der Waals surface area contributed by atoms with E-state index in [0.717, 1.165) is 6.61 Å². The first kappa shape index (κ1) is 15.0. The predicted octanol–water partition coefficient (Wildman–Crippen LogP) is 3.75. The van der Waals surface area contributed by atoms with E-state index in [1.165, 1.54) is 51.4 Å². The van der Waals surface area contributed by atoms with E-state index in [2.05, 4.69) is 26.2 Å². The average Bonchev–Trinajstić information content (AvgIpc) is 2.28. The fourth-order valence-electron chi connectivity index (χ4n) is 2.84. The minimum Gasteiger partial charge on any atom is -0.376 e. The summed E-state index contributed by atoms with van der Waals surface area (Å²) in [4.78, 5) is 0. The molecule has 0 aromatic rings. The first-order chi connectivity index (χ1) is 8.27. The van der Waals surface area contributed by atoms with Crippen LogP contribution < -0.4 is 5.32 Å². The molecule has 1 aliphatic rings. The summed E-state index contributed by atoms with van der Waals surface area (Å²) in [5.41, 5.74) is 0. The SMILES string of the molecule is CCCC(C)COC1CCCCCCC1NC. The lowest BCUT2D eigenvalue weighted by Crippen LogP contribution is -2.40. The van der Waals surface area contributed by atoms with Crippen LogP contribution in [-0.4, -0.2) is 25.8 Å². The molecule has 1 N–H and O–H groups in total. The Morgan fingerprint density at radius 3 is 2.53 bits per heavy atom. The van der Waals surface area contributed by atoms with Gasteiger partial charge in [-0.1, -0.05) is 46.0 Å². The van der Waals surface area contributed by atoms with Crippen molar-refractivity contribution in [3.63, 3.8) is 0 Å². The molecule has 0 radical (unpaired) electrons. The van der Waals surface area contributed by atoms with Crippen molar-refractivity contribution in [1.82, 2.24) is 5.32 Å². The number of hydrogen-bond acceptors (Lipinski definition) is 2. The van der Waals surface area contributed by atoms with E-state index < -0.39 is 0 Å². The van der Waals surface area contributed by atoms with Crippen molar-refractivity contribution in [3.8, 4) is 0 Å². The number of rotatable bonds is 6. The summed E-state index contributed by atoms with van der Waals surface area (Å²) >= 11 is 0. The van der Waals surface area contributed by atoms with Crippen LogP contribution in [-0.2, 0) is 4.74 Å². The van der Waals surface area contributed by atoms with Crippen LogP contribution in [0.2, 0.25) is 0 Å². The van der Waals surface area contributed by atoms with Gasteiger partial charge in [0.05, 0.1) is 6.10 Å². The molecule has 17 heavy (non-hydrogen) atoms. The minimum absolute atomic E-state index is 0.444. The van der Waals surface area contributed by atoms with Gasteiger partial charge in [0.15, 0.2) is 0 Å².